The minimum absolute atomic E-state index is 0.124. The minimum atomic E-state index is -5.10. The van der Waals surface area contributed by atoms with Crippen LogP contribution >= 0.6 is 11.6 Å². The fourth-order valence-corrected chi connectivity index (χ4v) is 5.54. The number of rotatable bonds is 7. The number of amides is 2. The maximum atomic E-state index is 15.6. The molecule has 232 valence electrons. The highest BCUT2D eigenvalue weighted by Crippen LogP contribution is 2.38. The molecule has 0 bridgehead atoms. The lowest BCUT2D eigenvalue weighted by atomic mass is 9.99. The molecule has 2 aromatic carbocycles. The molecule has 0 aliphatic carbocycles. The van der Waals surface area contributed by atoms with Crippen molar-refractivity contribution in [3.05, 3.63) is 63.4 Å². The Morgan fingerprint density at radius 1 is 1.10 bits per heavy atom. The van der Waals surface area contributed by atoms with E-state index >= 15 is 4.39 Å². The van der Waals surface area contributed by atoms with E-state index in [0.717, 1.165) is 0 Å². The van der Waals surface area contributed by atoms with Gasteiger partial charge in [0.25, 0.3) is 5.91 Å². The maximum Gasteiger partial charge on any atom is 0.416 e. The highest BCUT2D eigenvalue weighted by atomic mass is 35.5. The molecular weight excluding hydrogens is 604 g/mol. The highest BCUT2D eigenvalue weighted by molar-refractivity contribution is 7.89. The van der Waals surface area contributed by atoms with Gasteiger partial charge in [0.2, 0.25) is 10.0 Å². The largest absolute Gasteiger partial charge is 0.444 e. The second-order valence-electron chi connectivity index (χ2n) is 10.8. The Bertz CT molecular complexity index is 1440. The van der Waals surface area contributed by atoms with Gasteiger partial charge in [-0.3, -0.25) is 9.69 Å². The summed E-state index contributed by atoms with van der Waals surface area (Å²) in [6.07, 6.45) is -5.67. The summed E-state index contributed by atoms with van der Waals surface area (Å²) >= 11 is 5.96. The zero-order chi connectivity index (χ0) is 31.6. The molecule has 3 rings (SSSR count). The first kappa shape index (κ1) is 33.4. The zero-order valence-corrected chi connectivity index (χ0v) is 25.2. The molecule has 0 atom stereocenters. The van der Waals surface area contributed by atoms with Gasteiger partial charge in [0.1, 0.15) is 5.60 Å². The Morgan fingerprint density at radius 2 is 1.71 bits per heavy atom. The van der Waals surface area contributed by atoms with Gasteiger partial charge in [-0.2, -0.15) is 13.2 Å². The molecular formula is C27H33ClF4N4O5S. The molecule has 0 radical (unpaired) electrons. The second-order valence-corrected chi connectivity index (χ2v) is 13.4. The van der Waals surface area contributed by atoms with Crippen LogP contribution < -0.4 is 5.73 Å². The van der Waals surface area contributed by atoms with E-state index < -0.39 is 80.8 Å². The molecule has 2 N–H and O–H groups in total. The summed E-state index contributed by atoms with van der Waals surface area (Å²) in [7, 11) is -4.32. The van der Waals surface area contributed by atoms with Crippen LogP contribution in [-0.2, 0) is 34.0 Å². The molecule has 9 nitrogen and oxygen atoms in total. The average Bonchev–Trinajstić information content (AvgIpc) is 2.88. The van der Waals surface area contributed by atoms with Crippen LogP contribution in [0.2, 0.25) is 5.02 Å². The number of nitrogens with two attached hydrogens (primary N) is 1. The molecule has 0 unspecified atom stereocenters. The Morgan fingerprint density at radius 3 is 2.24 bits per heavy atom. The molecule has 15 heteroatoms. The van der Waals surface area contributed by atoms with Gasteiger partial charge in [-0.05, 0) is 51.5 Å². The van der Waals surface area contributed by atoms with E-state index in [2.05, 4.69) is 0 Å². The summed E-state index contributed by atoms with van der Waals surface area (Å²) in [5, 5.41) is 0.245. The van der Waals surface area contributed by atoms with E-state index in [-0.39, 0.29) is 36.8 Å². The number of carbonyl (C=O) groups excluding carboxylic acids is 2. The van der Waals surface area contributed by atoms with E-state index in [0.29, 0.717) is 10.4 Å². The highest BCUT2D eigenvalue weighted by Gasteiger charge is 2.39. The molecule has 1 heterocycles. The van der Waals surface area contributed by atoms with Crippen molar-refractivity contribution in [3.8, 4) is 0 Å². The summed E-state index contributed by atoms with van der Waals surface area (Å²) in [5.74, 6) is -3.43. The topological polar surface area (TPSA) is 113 Å². The van der Waals surface area contributed by atoms with Gasteiger partial charge in [-0.1, -0.05) is 23.7 Å². The quantitative estimate of drug-likeness (QED) is 0.331. The molecule has 0 aromatic heterocycles. The molecule has 2 aromatic rings. The first-order valence-electron chi connectivity index (χ1n) is 13.0. The van der Waals surface area contributed by atoms with Crippen LogP contribution in [-0.4, -0.2) is 72.1 Å². The monoisotopic (exact) mass is 636 g/mol. The normalized spacial score (nSPS) is 15.0. The summed E-state index contributed by atoms with van der Waals surface area (Å²) in [6, 6.07) is 6.29. The van der Waals surface area contributed by atoms with E-state index in [9.17, 15) is 31.2 Å². The van der Waals surface area contributed by atoms with Crippen molar-refractivity contribution < 1.29 is 40.3 Å². The Kier molecular flexibility index (Phi) is 10.1. The molecule has 1 aliphatic rings. The zero-order valence-electron chi connectivity index (χ0n) is 23.6. The molecule has 1 aliphatic heterocycles. The van der Waals surface area contributed by atoms with Crippen LogP contribution in [0.3, 0.4) is 0 Å². The van der Waals surface area contributed by atoms with Gasteiger partial charge >= 0.3 is 12.3 Å². The summed E-state index contributed by atoms with van der Waals surface area (Å²) in [5.41, 5.74) is 1.34. The Balaban J connectivity index is 1.95. The van der Waals surface area contributed by atoms with Crippen molar-refractivity contribution in [1.82, 2.24) is 14.1 Å². The van der Waals surface area contributed by atoms with Crippen LogP contribution in [0.25, 0.3) is 0 Å². The van der Waals surface area contributed by atoms with Crippen LogP contribution in [0.5, 0.6) is 0 Å². The third kappa shape index (κ3) is 8.04. The predicted molar refractivity (Wildman–Crippen MR) is 150 cm³/mol. The number of anilines is 1. The number of alkyl halides is 3. The Hall–Kier alpha value is -3.10. The average molecular weight is 637 g/mol. The van der Waals surface area contributed by atoms with Crippen molar-refractivity contribution in [2.45, 2.75) is 52.6 Å². The number of halogens is 5. The molecule has 1 saturated heterocycles. The molecule has 2 amide bonds. The van der Waals surface area contributed by atoms with Gasteiger partial charge in [0.05, 0.1) is 29.1 Å². The third-order valence-corrected chi connectivity index (χ3v) is 8.42. The second kappa shape index (κ2) is 12.6. The van der Waals surface area contributed by atoms with Crippen molar-refractivity contribution in [1.29, 1.82) is 0 Å². The number of ether oxygens (including phenoxy) is 1. The number of benzene rings is 2. The van der Waals surface area contributed by atoms with Crippen molar-refractivity contribution in [3.63, 3.8) is 0 Å². The van der Waals surface area contributed by atoms with Crippen molar-refractivity contribution in [2.24, 2.45) is 0 Å². The molecule has 1 fully saturated rings. The lowest BCUT2D eigenvalue weighted by molar-refractivity contribution is -0.138. The van der Waals surface area contributed by atoms with Crippen molar-refractivity contribution in [2.75, 3.05) is 37.7 Å². The number of carbonyl (C=O) groups is 2. The minimum Gasteiger partial charge on any atom is -0.444 e. The number of hydrogen-bond acceptors (Lipinski definition) is 7. The predicted octanol–water partition coefficient (Wildman–Crippen LogP) is 5.12. The van der Waals surface area contributed by atoms with Crippen LogP contribution in [0.15, 0.2) is 30.3 Å². The van der Waals surface area contributed by atoms with E-state index in [1.54, 1.807) is 20.8 Å². The van der Waals surface area contributed by atoms with Crippen LogP contribution in [0, 0.1) is 5.82 Å². The van der Waals surface area contributed by atoms with Gasteiger partial charge < -0.3 is 15.4 Å². The Labute approximate surface area is 247 Å². The number of nitrogen functional groups attached to an aromatic ring is 1. The number of nitrogens with zero attached hydrogens (tertiary/aromatic N) is 3. The molecule has 0 saturated carbocycles. The first-order valence-corrected chi connectivity index (χ1v) is 15.0. The standard InChI is InChI=1S/C27H33ClF4N4O5S/c1-5-42(39,40)36(15-17-7-6-8-18(28)13-17)24(37)19-14-21(27(30,31)32)20(22(29)23(19)33)16-34-9-11-35(12-10-34)25(38)41-26(2,3)4/h6-8,13-14H,5,9-12,15-16,33H2,1-4H3. The van der Waals surface area contributed by atoms with Gasteiger partial charge in [-0.15, -0.1) is 0 Å². The fourth-order valence-electron chi connectivity index (χ4n) is 4.32. The van der Waals surface area contributed by atoms with Crippen LogP contribution in [0.4, 0.5) is 28.0 Å². The van der Waals surface area contributed by atoms with E-state index in [1.807, 2.05) is 0 Å². The van der Waals surface area contributed by atoms with Gasteiger partial charge in [0.15, 0.2) is 5.82 Å². The smallest absolute Gasteiger partial charge is 0.416 e. The number of hydrogen-bond donors (Lipinski definition) is 1. The summed E-state index contributed by atoms with van der Waals surface area (Å²) < 4.78 is 89.6. The third-order valence-electron chi connectivity index (χ3n) is 6.49. The van der Waals surface area contributed by atoms with Crippen molar-refractivity contribution >= 4 is 39.3 Å². The maximum absolute atomic E-state index is 15.6. The fraction of sp³-hybridized carbons (Fsp3) is 0.481. The lowest BCUT2D eigenvalue weighted by Crippen LogP contribution is -2.49. The summed E-state index contributed by atoms with van der Waals surface area (Å²) in [4.78, 5) is 28.7. The first-order chi connectivity index (χ1) is 19.3. The number of sulfonamides is 1. The van der Waals surface area contributed by atoms with Gasteiger partial charge in [-0.25, -0.2) is 21.9 Å². The molecule has 42 heavy (non-hydrogen) atoms. The summed E-state index contributed by atoms with van der Waals surface area (Å²) in [6.45, 7) is 5.82. The van der Waals surface area contributed by atoms with Crippen LogP contribution in [0.1, 0.15) is 54.7 Å². The SMILES string of the molecule is CCS(=O)(=O)N(Cc1cccc(Cl)c1)C(=O)c1cc(C(F)(F)F)c(CN2CCN(C(=O)OC(C)(C)C)CC2)c(F)c1N. The number of piperazine rings is 1. The van der Waals surface area contributed by atoms with Gasteiger partial charge in [0, 0.05) is 43.3 Å². The van der Waals surface area contributed by atoms with E-state index in [4.69, 9.17) is 22.1 Å². The van der Waals surface area contributed by atoms with E-state index in [1.165, 1.54) is 41.0 Å². The molecule has 0 spiro atoms. The lowest BCUT2D eigenvalue weighted by Gasteiger charge is -2.36.